The molecule has 2 unspecified atom stereocenters. The summed E-state index contributed by atoms with van der Waals surface area (Å²) in [5.74, 6) is -0.0413. The van der Waals surface area contributed by atoms with Gasteiger partial charge < -0.3 is 9.64 Å². The minimum atomic E-state index is -0.206. The van der Waals surface area contributed by atoms with Gasteiger partial charge in [-0.3, -0.25) is 14.5 Å². The summed E-state index contributed by atoms with van der Waals surface area (Å²) < 4.78 is 5.03. The zero-order valence-corrected chi connectivity index (χ0v) is 9.81. The van der Waals surface area contributed by atoms with Crippen molar-refractivity contribution in [2.24, 2.45) is 0 Å². The summed E-state index contributed by atoms with van der Waals surface area (Å²) in [5, 5.41) is 0. The number of rotatable bonds is 2. The molecule has 0 N–H and O–H groups in total. The highest BCUT2D eigenvalue weighted by Crippen LogP contribution is 2.28. The van der Waals surface area contributed by atoms with Crippen molar-refractivity contribution in [1.29, 1.82) is 0 Å². The number of hydrogen-bond acceptors (Lipinski definition) is 4. The number of esters is 1. The van der Waals surface area contributed by atoms with Gasteiger partial charge in [-0.05, 0) is 19.8 Å². The average molecular weight is 226 g/mol. The minimum absolute atomic E-state index is 0.104. The molecule has 0 bridgehead atoms. The van der Waals surface area contributed by atoms with Gasteiger partial charge in [0.2, 0.25) is 5.91 Å². The predicted octanol–water partition coefficient (Wildman–Crippen LogP) is -0.145. The van der Waals surface area contributed by atoms with E-state index in [0.717, 1.165) is 19.4 Å². The minimum Gasteiger partial charge on any atom is -0.465 e. The van der Waals surface area contributed by atoms with Crippen LogP contribution in [-0.2, 0) is 14.3 Å². The molecule has 2 aliphatic rings. The quantitative estimate of drug-likeness (QED) is 0.615. The molecule has 0 aromatic carbocycles. The third-order valence-corrected chi connectivity index (χ3v) is 3.43. The first kappa shape index (κ1) is 11.4. The summed E-state index contributed by atoms with van der Waals surface area (Å²) in [4.78, 5) is 27.3. The Hall–Kier alpha value is -1.10. The monoisotopic (exact) mass is 226 g/mol. The zero-order chi connectivity index (χ0) is 11.7. The second-order valence-electron chi connectivity index (χ2n) is 4.36. The van der Waals surface area contributed by atoms with Crippen LogP contribution in [0.3, 0.4) is 0 Å². The van der Waals surface area contributed by atoms with E-state index in [-0.39, 0.29) is 24.0 Å². The summed E-state index contributed by atoms with van der Waals surface area (Å²) in [6.45, 7) is 3.68. The number of ether oxygens (including phenoxy) is 1. The molecule has 0 aliphatic carbocycles. The van der Waals surface area contributed by atoms with E-state index < -0.39 is 0 Å². The Labute approximate surface area is 95.3 Å². The van der Waals surface area contributed by atoms with Crippen molar-refractivity contribution in [3.8, 4) is 0 Å². The first-order valence-electron chi connectivity index (χ1n) is 5.82. The highest BCUT2D eigenvalue weighted by Gasteiger charge is 2.45. The molecule has 0 radical (unpaired) electrons. The molecule has 0 aromatic rings. The number of likely N-dealkylation sites (N-methyl/N-ethyl adjacent to an activating group) is 1. The van der Waals surface area contributed by atoms with Crippen LogP contribution in [0.2, 0.25) is 0 Å². The molecule has 2 fully saturated rings. The van der Waals surface area contributed by atoms with Gasteiger partial charge in [0, 0.05) is 20.1 Å². The molecule has 0 saturated carbocycles. The van der Waals surface area contributed by atoms with Gasteiger partial charge >= 0.3 is 5.97 Å². The molecule has 2 aliphatic heterocycles. The Morgan fingerprint density at radius 1 is 1.44 bits per heavy atom. The lowest BCUT2D eigenvalue weighted by Gasteiger charge is -2.36. The fourth-order valence-electron chi connectivity index (χ4n) is 2.56. The Morgan fingerprint density at radius 2 is 2.19 bits per heavy atom. The number of piperazine rings is 1. The Balaban J connectivity index is 2.06. The van der Waals surface area contributed by atoms with Crippen LogP contribution in [-0.4, -0.2) is 60.5 Å². The van der Waals surface area contributed by atoms with Crippen LogP contribution in [0.1, 0.15) is 19.8 Å². The summed E-state index contributed by atoms with van der Waals surface area (Å²) in [5.41, 5.74) is 0. The van der Waals surface area contributed by atoms with Crippen molar-refractivity contribution in [1.82, 2.24) is 9.80 Å². The smallest absolute Gasteiger partial charge is 0.323 e. The van der Waals surface area contributed by atoms with E-state index in [4.69, 9.17) is 4.74 Å². The standard InChI is InChI=1S/C11H18N2O3/c1-3-16-11(15)9-5-4-8-10(14)12(2)6-7-13(8)9/h8-9H,3-7H2,1-2H3. The van der Waals surface area contributed by atoms with Crippen molar-refractivity contribution in [3.05, 3.63) is 0 Å². The number of hydrogen-bond donors (Lipinski definition) is 0. The van der Waals surface area contributed by atoms with Gasteiger partial charge in [-0.2, -0.15) is 0 Å². The first-order chi connectivity index (χ1) is 7.65. The number of amides is 1. The van der Waals surface area contributed by atoms with E-state index in [0.29, 0.717) is 13.2 Å². The summed E-state index contributed by atoms with van der Waals surface area (Å²) in [6.07, 6.45) is 1.51. The van der Waals surface area contributed by atoms with Crippen molar-refractivity contribution in [3.63, 3.8) is 0 Å². The zero-order valence-electron chi connectivity index (χ0n) is 9.81. The van der Waals surface area contributed by atoms with Crippen LogP contribution < -0.4 is 0 Å². The maximum absolute atomic E-state index is 11.9. The maximum atomic E-state index is 11.9. The lowest BCUT2D eigenvalue weighted by molar-refractivity contribution is -0.151. The van der Waals surface area contributed by atoms with Gasteiger partial charge in [0.25, 0.3) is 0 Å². The van der Waals surface area contributed by atoms with E-state index in [1.54, 1.807) is 11.8 Å². The second kappa shape index (κ2) is 4.41. The highest BCUT2D eigenvalue weighted by atomic mass is 16.5. The van der Waals surface area contributed by atoms with Crippen LogP contribution in [0.5, 0.6) is 0 Å². The molecule has 0 spiro atoms. The largest absolute Gasteiger partial charge is 0.465 e. The molecule has 0 aromatic heterocycles. The topological polar surface area (TPSA) is 49.9 Å². The molecule has 16 heavy (non-hydrogen) atoms. The number of carbonyl (C=O) groups excluding carboxylic acids is 2. The SMILES string of the molecule is CCOC(=O)C1CCC2C(=O)N(C)CCN12. The van der Waals surface area contributed by atoms with E-state index in [2.05, 4.69) is 0 Å². The Morgan fingerprint density at radius 3 is 2.88 bits per heavy atom. The molecule has 2 heterocycles. The summed E-state index contributed by atoms with van der Waals surface area (Å²) in [6, 6.07) is -0.309. The summed E-state index contributed by atoms with van der Waals surface area (Å²) >= 11 is 0. The molecule has 5 heteroatoms. The van der Waals surface area contributed by atoms with E-state index in [1.807, 2.05) is 11.9 Å². The molecule has 2 atom stereocenters. The van der Waals surface area contributed by atoms with Gasteiger partial charge in [0.15, 0.2) is 0 Å². The van der Waals surface area contributed by atoms with Crippen LogP contribution >= 0.6 is 0 Å². The van der Waals surface area contributed by atoms with Gasteiger partial charge in [-0.15, -0.1) is 0 Å². The Kier molecular flexibility index (Phi) is 3.14. The van der Waals surface area contributed by atoms with Crippen molar-refractivity contribution < 1.29 is 14.3 Å². The first-order valence-corrected chi connectivity index (χ1v) is 5.82. The fraction of sp³-hybridized carbons (Fsp3) is 0.818. The molecular weight excluding hydrogens is 208 g/mol. The highest BCUT2D eigenvalue weighted by molar-refractivity contribution is 5.85. The number of carbonyl (C=O) groups is 2. The average Bonchev–Trinajstić information content (AvgIpc) is 2.68. The van der Waals surface area contributed by atoms with E-state index in [1.165, 1.54) is 0 Å². The molecule has 1 amide bonds. The predicted molar refractivity (Wildman–Crippen MR) is 57.8 cm³/mol. The second-order valence-corrected chi connectivity index (χ2v) is 4.36. The van der Waals surface area contributed by atoms with Crippen LogP contribution in [0, 0.1) is 0 Å². The van der Waals surface area contributed by atoms with E-state index >= 15 is 0 Å². The van der Waals surface area contributed by atoms with Crippen molar-refractivity contribution in [2.75, 3.05) is 26.7 Å². The van der Waals surface area contributed by atoms with Crippen LogP contribution in [0.25, 0.3) is 0 Å². The molecule has 90 valence electrons. The third kappa shape index (κ3) is 1.80. The summed E-state index contributed by atoms with van der Waals surface area (Å²) in [7, 11) is 1.82. The van der Waals surface area contributed by atoms with E-state index in [9.17, 15) is 9.59 Å². The van der Waals surface area contributed by atoms with Gasteiger partial charge in [0.1, 0.15) is 6.04 Å². The van der Waals surface area contributed by atoms with Gasteiger partial charge in [0.05, 0.1) is 12.6 Å². The normalized spacial score (nSPS) is 30.4. The fourth-order valence-corrected chi connectivity index (χ4v) is 2.56. The lowest BCUT2D eigenvalue weighted by atomic mass is 10.1. The van der Waals surface area contributed by atoms with Crippen LogP contribution in [0.4, 0.5) is 0 Å². The number of fused-ring (bicyclic) bond motifs is 1. The third-order valence-electron chi connectivity index (χ3n) is 3.43. The molecular formula is C11H18N2O3. The van der Waals surface area contributed by atoms with Crippen molar-refractivity contribution >= 4 is 11.9 Å². The van der Waals surface area contributed by atoms with Crippen LogP contribution in [0.15, 0.2) is 0 Å². The van der Waals surface area contributed by atoms with Gasteiger partial charge in [-0.25, -0.2) is 0 Å². The molecule has 5 nitrogen and oxygen atoms in total. The number of nitrogens with zero attached hydrogens (tertiary/aromatic N) is 2. The molecule has 2 rings (SSSR count). The lowest BCUT2D eigenvalue weighted by Crippen LogP contribution is -2.56. The maximum Gasteiger partial charge on any atom is 0.323 e. The van der Waals surface area contributed by atoms with Crippen molar-refractivity contribution in [2.45, 2.75) is 31.8 Å². The van der Waals surface area contributed by atoms with Gasteiger partial charge in [-0.1, -0.05) is 0 Å². The molecule has 2 saturated heterocycles. The Bertz CT molecular complexity index is 306.